The molecule has 18 heteroatoms. The summed E-state index contributed by atoms with van der Waals surface area (Å²) < 4.78 is 72.2. The number of imide groups is 1. The van der Waals surface area contributed by atoms with E-state index in [4.69, 9.17) is 61.6 Å². The van der Waals surface area contributed by atoms with Crippen LogP contribution in [-0.4, -0.2) is 208 Å². The van der Waals surface area contributed by atoms with E-state index in [1.165, 1.54) is 12.2 Å². The highest BCUT2D eigenvalue weighted by Gasteiger charge is 2.23. The molecule has 0 aromatic heterocycles. The Morgan fingerprint density at radius 1 is 0.528 bits per heavy atom. The number of methoxy groups -OCH3 is 4. The van der Waals surface area contributed by atoms with Gasteiger partial charge in [-0.25, -0.2) is 0 Å². The lowest BCUT2D eigenvalue weighted by Crippen LogP contribution is -2.35. The number of nitrogens with zero attached hydrogens (tertiary/aromatic N) is 1. The Morgan fingerprint density at radius 2 is 0.868 bits per heavy atom. The fourth-order valence-electron chi connectivity index (χ4n) is 4.35. The SMILES string of the molecule is COCCOCC(COCCOCC(COCCCNC(=O)CCN1C(=O)C=CC1=O)OCCOCC(COCCOC)OCCOC)OCCOC. The van der Waals surface area contributed by atoms with E-state index in [1.807, 2.05) is 0 Å². The smallest absolute Gasteiger partial charge is 0.253 e. The van der Waals surface area contributed by atoms with Crippen molar-refractivity contribution in [3.8, 4) is 0 Å². The summed E-state index contributed by atoms with van der Waals surface area (Å²) in [6, 6.07) is 0. The molecule has 0 fully saturated rings. The van der Waals surface area contributed by atoms with Crippen LogP contribution in [0.5, 0.6) is 0 Å². The van der Waals surface area contributed by atoms with Crippen molar-refractivity contribution in [1.29, 1.82) is 0 Å². The monoisotopic (exact) mass is 768 g/mol. The zero-order valence-corrected chi connectivity index (χ0v) is 32.1. The Balaban J connectivity index is 2.45. The van der Waals surface area contributed by atoms with Crippen molar-refractivity contribution in [3.63, 3.8) is 0 Å². The maximum Gasteiger partial charge on any atom is 0.253 e. The Labute approximate surface area is 314 Å². The molecule has 0 bridgehead atoms. The molecule has 310 valence electrons. The average molecular weight is 769 g/mol. The highest BCUT2D eigenvalue weighted by atomic mass is 16.6. The molecule has 0 aromatic rings. The van der Waals surface area contributed by atoms with E-state index in [0.29, 0.717) is 125 Å². The number of ether oxygens (including phenoxy) is 13. The van der Waals surface area contributed by atoms with Gasteiger partial charge in [-0.2, -0.15) is 0 Å². The third-order valence-corrected chi connectivity index (χ3v) is 7.17. The molecule has 3 atom stereocenters. The molecule has 1 aliphatic heterocycles. The maximum atomic E-state index is 12.1. The Bertz CT molecular complexity index is 913. The van der Waals surface area contributed by atoms with Crippen molar-refractivity contribution >= 4 is 17.7 Å². The van der Waals surface area contributed by atoms with Crippen molar-refractivity contribution in [1.82, 2.24) is 10.2 Å². The van der Waals surface area contributed by atoms with E-state index < -0.39 is 11.8 Å². The molecule has 0 saturated carbocycles. The molecule has 0 aliphatic carbocycles. The second-order valence-corrected chi connectivity index (χ2v) is 11.5. The molecule has 0 aromatic carbocycles. The molecule has 53 heavy (non-hydrogen) atoms. The molecule has 1 rings (SSSR count). The predicted molar refractivity (Wildman–Crippen MR) is 190 cm³/mol. The van der Waals surface area contributed by atoms with Crippen LogP contribution < -0.4 is 5.32 Å². The first kappa shape index (κ1) is 48.8. The lowest BCUT2D eigenvalue weighted by atomic mass is 10.3. The highest BCUT2D eigenvalue weighted by Crippen LogP contribution is 2.04. The van der Waals surface area contributed by atoms with Gasteiger partial charge in [-0.1, -0.05) is 0 Å². The van der Waals surface area contributed by atoms with Crippen LogP contribution in [0.15, 0.2) is 12.2 Å². The van der Waals surface area contributed by atoms with Crippen molar-refractivity contribution in [2.24, 2.45) is 0 Å². The van der Waals surface area contributed by atoms with Gasteiger partial charge >= 0.3 is 0 Å². The van der Waals surface area contributed by atoms with Gasteiger partial charge in [-0.3, -0.25) is 19.3 Å². The summed E-state index contributed by atoms with van der Waals surface area (Å²) in [5.41, 5.74) is 0. The third-order valence-electron chi connectivity index (χ3n) is 7.17. The maximum absolute atomic E-state index is 12.1. The summed E-state index contributed by atoms with van der Waals surface area (Å²) >= 11 is 0. The third kappa shape index (κ3) is 28.0. The standard InChI is InChI=1S/C35H64N2O16/c1-41-12-16-46-25-31(51-21-14-43-3)28-49-19-18-48-27-30(53-23-20-50-29-32(52-22-15-44-4)26-47-17-13-42-2)24-45-11-5-9-36-33(38)8-10-37-34(39)6-7-35(37)40/h6-7,30-32H,5,8-29H2,1-4H3,(H,36,38). The molecule has 0 spiro atoms. The zero-order chi connectivity index (χ0) is 38.6. The molecule has 1 aliphatic rings. The number of rotatable bonds is 40. The molecule has 0 saturated heterocycles. The van der Waals surface area contributed by atoms with Gasteiger partial charge < -0.3 is 66.9 Å². The van der Waals surface area contributed by atoms with Gasteiger partial charge in [0.05, 0.1) is 119 Å². The largest absolute Gasteiger partial charge is 0.382 e. The van der Waals surface area contributed by atoms with E-state index in [2.05, 4.69) is 5.32 Å². The van der Waals surface area contributed by atoms with Crippen molar-refractivity contribution in [2.45, 2.75) is 31.2 Å². The lowest BCUT2D eigenvalue weighted by Gasteiger charge is -2.21. The number of nitrogens with one attached hydrogen (secondary N) is 1. The lowest BCUT2D eigenvalue weighted by molar-refractivity contribution is -0.137. The number of carbonyl (C=O) groups is 3. The fourth-order valence-corrected chi connectivity index (χ4v) is 4.35. The van der Waals surface area contributed by atoms with E-state index >= 15 is 0 Å². The first-order chi connectivity index (χ1) is 25.9. The minimum Gasteiger partial charge on any atom is -0.382 e. The van der Waals surface area contributed by atoms with Crippen LogP contribution in [0, 0.1) is 0 Å². The Hall–Kier alpha value is -2.17. The van der Waals surface area contributed by atoms with Crippen molar-refractivity contribution in [2.75, 3.05) is 167 Å². The first-order valence-corrected chi connectivity index (χ1v) is 18.0. The molecule has 3 amide bonds. The molecule has 3 unspecified atom stereocenters. The van der Waals surface area contributed by atoms with Gasteiger partial charge in [0.25, 0.3) is 11.8 Å². The van der Waals surface area contributed by atoms with Gasteiger partial charge in [0.1, 0.15) is 18.3 Å². The quantitative estimate of drug-likeness (QED) is 0.0629. The predicted octanol–water partition coefficient (Wildman–Crippen LogP) is -0.351. The van der Waals surface area contributed by atoms with Gasteiger partial charge in [0, 0.05) is 66.7 Å². The number of amides is 3. The second kappa shape index (κ2) is 35.5. The molecule has 1 N–H and O–H groups in total. The minimum atomic E-state index is -0.410. The van der Waals surface area contributed by atoms with Gasteiger partial charge in [0.15, 0.2) is 0 Å². The topological polar surface area (TPSA) is 186 Å². The Kier molecular flexibility index (Phi) is 32.7. The van der Waals surface area contributed by atoms with Gasteiger partial charge in [0.2, 0.25) is 5.91 Å². The summed E-state index contributed by atoms with van der Waals surface area (Å²) in [7, 11) is 6.45. The zero-order valence-electron chi connectivity index (χ0n) is 32.1. The average Bonchev–Trinajstić information content (AvgIpc) is 3.48. The van der Waals surface area contributed by atoms with E-state index in [9.17, 15) is 14.4 Å². The van der Waals surface area contributed by atoms with Crippen LogP contribution in [0.4, 0.5) is 0 Å². The summed E-state index contributed by atoms with van der Waals surface area (Å²) in [5.74, 6) is -1.08. The van der Waals surface area contributed by atoms with Crippen molar-refractivity contribution in [3.05, 3.63) is 12.2 Å². The highest BCUT2D eigenvalue weighted by molar-refractivity contribution is 6.13. The van der Waals surface area contributed by atoms with Crippen LogP contribution in [0.3, 0.4) is 0 Å². The first-order valence-electron chi connectivity index (χ1n) is 18.0. The van der Waals surface area contributed by atoms with Crippen molar-refractivity contribution < 1.29 is 76.0 Å². The summed E-state index contributed by atoms with van der Waals surface area (Å²) in [5, 5.41) is 2.77. The number of hydrogen-bond acceptors (Lipinski definition) is 16. The summed E-state index contributed by atoms with van der Waals surface area (Å²) in [6.45, 7) is 7.61. The second-order valence-electron chi connectivity index (χ2n) is 11.5. The van der Waals surface area contributed by atoms with Crippen LogP contribution in [0.2, 0.25) is 0 Å². The Morgan fingerprint density at radius 3 is 1.28 bits per heavy atom. The number of carbonyl (C=O) groups excluding carboxylic acids is 3. The summed E-state index contributed by atoms with van der Waals surface area (Å²) in [4.78, 5) is 36.5. The van der Waals surface area contributed by atoms with E-state index in [1.54, 1.807) is 28.4 Å². The fraction of sp³-hybridized carbons (Fsp3) is 0.857. The minimum absolute atomic E-state index is 0.0313. The molecule has 1 heterocycles. The van der Waals surface area contributed by atoms with E-state index in [0.717, 1.165) is 4.90 Å². The van der Waals surface area contributed by atoms with Crippen LogP contribution in [0.1, 0.15) is 12.8 Å². The molecular weight excluding hydrogens is 704 g/mol. The van der Waals surface area contributed by atoms with Crippen LogP contribution >= 0.6 is 0 Å². The van der Waals surface area contributed by atoms with Crippen LogP contribution in [0.25, 0.3) is 0 Å². The molecular formula is C35H64N2O16. The number of hydrogen-bond donors (Lipinski definition) is 1. The van der Waals surface area contributed by atoms with Crippen LogP contribution in [-0.2, 0) is 76.0 Å². The van der Waals surface area contributed by atoms with Gasteiger partial charge in [-0.05, 0) is 6.42 Å². The van der Waals surface area contributed by atoms with Gasteiger partial charge in [-0.15, -0.1) is 0 Å². The summed E-state index contributed by atoms with van der Waals surface area (Å²) in [6.07, 6.45) is 2.06. The normalized spacial score (nSPS) is 14.7. The molecule has 18 nitrogen and oxygen atoms in total. The molecule has 0 radical (unpaired) electrons. The van der Waals surface area contributed by atoms with E-state index in [-0.39, 0.29) is 50.4 Å².